The summed E-state index contributed by atoms with van der Waals surface area (Å²) in [7, 11) is 0. The second-order valence-corrected chi connectivity index (χ2v) is 4.90. The van der Waals surface area contributed by atoms with Crippen LogP contribution in [0.5, 0.6) is 0 Å². The van der Waals surface area contributed by atoms with E-state index >= 15 is 0 Å². The molecule has 1 heterocycles. The molecule has 0 spiro atoms. The molecule has 1 aromatic heterocycles. The lowest BCUT2D eigenvalue weighted by molar-refractivity contribution is 0.303. The van der Waals surface area contributed by atoms with E-state index in [9.17, 15) is 0 Å². The number of hydrogen-bond donors (Lipinski definition) is 1. The maximum atomic E-state index is 5.07. The number of aryl methyl sites for hydroxylation is 1. The van der Waals surface area contributed by atoms with Gasteiger partial charge in [-0.2, -0.15) is 4.98 Å². The van der Waals surface area contributed by atoms with E-state index in [-0.39, 0.29) is 0 Å². The van der Waals surface area contributed by atoms with Gasteiger partial charge in [-0.3, -0.25) is 0 Å². The van der Waals surface area contributed by atoms with Crippen molar-refractivity contribution in [3.8, 4) is 0 Å². The van der Waals surface area contributed by atoms with E-state index in [0.29, 0.717) is 6.04 Å². The molecule has 16 heavy (non-hydrogen) atoms. The maximum absolute atomic E-state index is 5.07. The Morgan fingerprint density at radius 2 is 2.06 bits per heavy atom. The van der Waals surface area contributed by atoms with Crippen LogP contribution in [0.25, 0.3) is 0 Å². The van der Waals surface area contributed by atoms with Crippen molar-refractivity contribution in [3.05, 3.63) is 11.7 Å². The molecule has 4 nitrogen and oxygen atoms in total. The summed E-state index contributed by atoms with van der Waals surface area (Å²) in [4.78, 5) is 4.19. The normalized spacial score (nSPS) is 25.9. The van der Waals surface area contributed by atoms with Crippen molar-refractivity contribution in [2.45, 2.75) is 52.0 Å². The summed E-state index contributed by atoms with van der Waals surface area (Å²) in [5, 5.41) is 7.35. The first-order valence-corrected chi connectivity index (χ1v) is 6.26. The van der Waals surface area contributed by atoms with Crippen molar-refractivity contribution in [3.63, 3.8) is 0 Å². The van der Waals surface area contributed by atoms with Crippen molar-refractivity contribution in [2.24, 2.45) is 5.92 Å². The van der Waals surface area contributed by atoms with Gasteiger partial charge in [0.05, 0.1) is 0 Å². The van der Waals surface area contributed by atoms with Crippen LogP contribution in [0.2, 0.25) is 0 Å². The molecule has 0 radical (unpaired) electrons. The smallest absolute Gasteiger partial charge is 0.227 e. The summed E-state index contributed by atoms with van der Waals surface area (Å²) in [6.07, 6.45) is 6.18. The summed E-state index contributed by atoms with van der Waals surface area (Å²) >= 11 is 0. The third-order valence-electron chi connectivity index (χ3n) is 3.36. The topological polar surface area (TPSA) is 51.0 Å². The van der Waals surface area contributed by atoms with Crippen LogP contribution < -0.4 is 5.32 Å². The number of nitrogens with one attached hydrogen (secondary N) is 1. The van der Waals surface area contributed by atoms with Crippen LogP contribution in [0.4, 0.5) is 0 Å². The number of nitrogens with zero attached hydrogens (tertiary/aromatic N) is 2. The second kappa shape index (κ2) is 5.43. The zero-order valence-corrected chi connectivity index (χ0v) is 10.2. The van der Waals surface area contributed by atoms with Crippen molar-refractivity contribution < 1.29 is 4.52 Å². The quantitative estimate of drug-likeness (QED) is 0.849. The Morgan fingerprint density at radius 1 is 1.31 bits per heavy atom. The molecular formula is C12H21N3O. The highest BCUT2D eigenvalue weighted by Gasteiger charge is 2.17. The van der Waals surface area contributed by atoms with E-state index in [1.165, 1.54) is 25.7 Å². The van der Waals surface area contributed by atoms with E-state index in [0.717, 1.165) is 30.6 Å². The molecule has 0 amide bonds. The Labute approximate surface area is 96.8 Å². The van der Waals surface area contributed by atoms with Crippen molar-refractivity contribution in [1.82, 2.24) is 15.5 Å². The first kappa shape index (κ1) is 11.6. The molecular weight excluding hydrogens is 202 g/mol. The van der Waals surface area contributed by atoms with Crippen molar-refractivity contribution in [1.29, 1.82) is 0 Å². The molecule has 1 N–H and O–H groups in total. The molecule has 4 heteroatoms. The average molecular weight is 223 g/mol. The second-order valence-electron chi connectivity index (χ2n) is 4.90. The predicted molar refractivity (Wildman–Crippen MR) is 62.2 cm³/mol. The van der Waals surface area contributed by atoms with Gasteiger partial charge < -0.3 is 9.84 Å². The molecule has 1 aliphatic rings. The van der Waals surface area contributed by atoms with Gasteiger partial charge in [0.2, 0.25) is 5.89 Å². The number of hydrogen-bond acceptors (Lipinski definition) is 4. The van der Waals surface area contributed by atoms with Crippen LogP contribution in [0.1, 0.15) is 44.3 Å². The fourth-order valence-electron chi connectivity index (χ4n) is 2.29. The lowest BCUT2D eigenvalue weighted by atomic mass is 9.87. The maximum Gasteiger partial charge on any atom is 0.227 e. The monoisotopic (exact) mass is 223 g/mol. The summed E-state index contributed by atoms with van der Waals surface area (Å²) < 4.78 is 5.07. The Hall–Kier alpha value is -0.900. The van der Waals surface area contributed by atoms with Crippen LogP contribution in [0, 0.1) is 12.8 Å². The SMILES string of the molecule is Cc1noc(CCNC2CCC(C)CC2)n1. The standard InChI is InChI=1S/C12H21N3O/c1-9-3-5-11(6-4-9)13-8-7-12-14-10(2)15-16-12/h9,11,13H,3-8H2,1-2H3. The Kier molecular flexibility index (Phi) is 3.93. The van der Waals surface area contributed by atoms with Crippen molar-refractivity contribution >= 4 is 0 Å². The third kappa shape index (κ3) is 3.30. The third-order valence-corrected chi connectivity index (χ3v) is 3.36. The Bertz CT molecular complexity index is 316. The largest absolute Gasteiger partial charge is 0.339 e. The van der Waals surface area contributed by atoms with E-state index in [1.54, 1.807) is 0 Å². The van der Waals surface area contributed by atoms with Gasteiger partial charge in [-0.15, -0.1) is 0 Å². The summed E-state index contributed by atoms with van der Waals surface area (Å²) in [6.45, 7) is 5.14. The van der Waals surface area contributed by atoms with Gasteiger partial charge in [-0.1, -0.05) is 12.1 Å². The van der Waals surface area contributed by atoms with Crippen LogP contribution in [-0.4, -0.2) is 22.7 Å². The molecule has 0 bridgehead atoms. The molecule has 0 saturated heterocycles. The van der Waals surface area contributed by atoms with E-state index in [4.69, 9.17) is 4.52 Å². The van der Waals surface area contributed by atoms with E-state index < -0.39 is 0 Å². The molecule has 1 fully saturated rings. The van der Waals surface area contributed by atoms with Crippen LogP contribution in [-0.2, 0) is 6.42 Å². The molecule has 0 unspecified atom stereocenters. The lowest BCUT2D eigenvalue weighted by Crippen LogP contribution is -2.34. The fraction of sp³-hybridized carbons (Fsp3) is 0.833. The fourth-order valence-corrected chi connectivity index (χ4v) is 2.29. The minimum atomic E-state index is 0.695. The Morgan fingerprint density at radius 3 is 2.69 bits per heavy atom. The first-order chi connectivity index (χ1) is 7.74. The minimum absolute atomic E-state index is 0.695. The molecule has 1 saturated carbocycles. The predicted octanol–water partition coefficient (Wildman–Crippen LogP) is 2.09. The highest BCUT2D eigenvalue weighted by atomic mass is 16.5. The molecule has 1 aliphatic carbocycles. The van der Waals surface area contributed by atoms with Gasteiger partial charge in [-0.25, -0.2) is 0 Å². The molecule has 0 atom stereocenters. The van der Waals surface area contributed by atoms with Crippen molar-refractivity contribution in [2.75, 3.05) is 6.54 Å². The summed E-state index contributed by atoms with van der Waals surface area (Å²) in [5.74, 6) is 2.38. The van der Waals surface area contributed by atoms with Crippen LogP contribution in [0.3, 0.4) is 0 Å². The summed E-state index contributed by atoms with van der Waals surface area (Å²) in [5.41, 5.74) is 0. The Balaban J connectivity index is 1.64. The molecule has 1 aromatic rings. The minimum Gasteiger partial charge on any atom is -0.339 e. The average Bonchev–Trinajstić information content (AvgIpc) is 2.67. The van der Waals surface area contributed by atoms with Crippen LogP contribution in [0.15, 0.2) is 4.52 Å². The molecule has 2 rings (SSSR count). The molecule has 0 aliphatic heterocycles. The zero-order chi connectivity index (χ0) is 11.4. The van der Waals surface area contributed by atoms with Gasteiger partial charge >= 0.3 is 0 Å². The number of aromatic nitrogens is 2. The van der Waals surface area contributed by atoms with Gasteiger partial charge in [-0.05, 0) is 38.5 Å². The molecule has 90 valence electrons. The highest BCUT2D eigenvalue weighted by Crippen LogP contribution is 2.23. The van der Waals surface area contributed by atoms with Gasteiger partial charge in [0.1, 0.15) is 0 Å². The van der Waals surface area contributed by atoms with Gasteiger partial charge in [0.25, 0.3) is 0 Å². The highest BCUT2D eigenvalue weighted by molar-refractivity contribution is 4.84. The first-order valence-electron chi connectivity index (χ1n) is 6.26. The molecule has 0 aromatic carbocycles. The van der Waals surface area contributed by atoms with E-state index in [1.807, 2.05) is 6.92 Å². The number of rotatable bonds is 4. The summed E-state index contributed by atoms with van der Waals surface area (Å²) in [6, 6.07) is 0.695. The van der Waals surface area contributed by atoms with Crippen LogP contribution >= 0.6 is 0 Å². The van der Waals surface area contributed by atoms with Gasteiger partial charge in [0.15, 0.2) is 5.82 Å². The van der Waals surface area contributed by atoms with E-state index in [2.05, 4.69) is 22.4 Å². The van der Waals surface area contributed by atoms with Gasteiger partial charge in [0, 0.05) is 19.0 Å². The zero-order valence-electron chi connectivity index (χ0n) is 10.2. The lowest BCUT2D eigenvalue weighted by Gasteiger charge is -2.26.